The second-order valence-corrected chi connectivity index (χ2v) is 5.43. The van der Waals surface area contributed by atoms with Gasteiger partial charge in [-0.2, -0.15) is 0 Å². The minimum atomic E-state index is -0.433. The maximum atomic E-state index is 12.2. The van der Waals surface area contributed by atoms with Gasteiger partial charge in [0.1, 0.15) is 6.61 Å². The molecule has 1 fully saturated rings. The van der Waals surface area contributed by atoms with Gasteiger partial charge in [-0.15, -0.1) is 0 Å². The molecule has 3 rings (SSSR count). The highest BCUT2D eigenvalue weighted by Crippen LogP contribution is 2.41. The summed E-state index contributed by atoms with van der Waals surface area (Å²) in [7, 11) is 0. The molecule has 2 N–H and O–H groups in total. The first-order valence-electron chi connectivity index (χ1n) is 6.99. The van der Waals surface area contributed by atoms with Crippen molar-refractivity contribution in [2.45, 2.75) is 18.8 Å². The topological polar surface area (TPSA) is 69.6 Å². The molecule has 0 aliphatic carbocycles. The van der Waals surface area contributed by atoms with E-state index < -0.39 is 6.61 Å². The lowest BCUT2D eigenvalue weighted by atomic mass is 9.81. The number of hydrogen-bond acceptors (Lipinski definition) is 3. The molecule has 1 aromatic carbocycles. The third kappa shape index (κ3) is 2.18. The van der Waals surface area contributed by atoms with Crippen LogP contribution >= 0.6 is 0 Å². The number of rotatable bonds is 2. The average Bonchev–Trinajstić information content (AvgIpc) is 2.82. The Bertz CT molecular complexity index is 536. The monoisotopic (exact) mass is 274 g/mol. The van der Waals surface area contributed by atoms with E-state index in [1.54, 1.807) is 4.90 Å². The molecule has 0 unspecified atom stereocenters. The Balaban J connectivity index is 1.73. The van der Waals surface area contributed by atoms with E-state index in [0.29, 0.717) is 13.1 Å². The third-order valence-corrected chi connectivity index (χ3v) is 4.34. The van der Waals surface area contributed by atoms with E-state index in [4.69, 9.17) is 5.11 Å². The number of carbonyl (C=O) groups excluding carboxylic acids is 2. The van der Waals surface area contributed by atoms with Crippen LogP contribution in [-0.2, 0) is 9.59 Å². The first kappa shape index (κ1) is 13.1. The van der Waals surface area contributed by atoms with Crippen LogP contribution in [0.25, 0.3) is 0 Å². The summed E-state index contributed by atoms with van der Waals surface area (Å²) in [5.74, 6) is 0.0110. The SMILES string of the molecule is O=C1Nc2ccccc2[C@H]1C1CCN(C(=O)CO)CC1. The van der Waals surface area contributed by atoms with Gasteiger partial charge in [0.15, 0.2) is 0 Å². The molecule has 2 aliphatic heterocycles. The number of fused-ring (bicyclic) bond motifs is 1. The van der Waals surface area contributed by atoms with Crippen molar-refractivity contribution in [2.24, 2.45) is 5.92 Å². The minimum Gasteiger partial charge on any atom is -0.387 e. The van der Waals surface area contributed by atoms with Crippen molar-refractivity contribution in [3.8, 4) is 0 Å². The molecule has 2 heterocycles. The number of piperidine rings is 1. The van der Waals surface area contributed by atoms with E-state index >= 15 is 0 Å². The van der Waals surface area contributed by atoms with Crippen LogP contribution in [0.4, 0.5) is 5.69 Å². The zero-order chi connectivity index (χ0) is 14.1. The molecule has 106 valence electrons. The zero-order valence-electron chi connectivity index (χ0n) is 11.2. The number of likely N-dealkylation sites (tertiary alicyclic amines) is 1. The van der Waals surface area contributed by atoms with Gasteiger partial charge >= 0.3 is 0 Å². The Morgan fingerprint density at radius 3 is 2.70 bits per heavy atom. The number of aliphatic hydroxyl groups excluding tert-OH is 1. The first-order chi connectivity index (χ1) is 9.70. The molecule has 2 amide bonds. The predicted molar refractivity (Wildman–Crippen MR) is 74.2 cm³/mol. The maximum Gasteiger partial charge on any atom is 0.248 e. The Hall–Kier alpha value is -1.88. The standard InChI is InChI=1S/C15H18N2O3/c18-9-13(19)17-7-5-10(6-8-17)14-11-3-1-2-4-12(11)16-15(14)20/h1-4,10,14,18H,5-9H2,(H,16,20)/t14-/m1/s1. The first-order valence-corrected chi connectivity index (χ1v) is 6.99. The molecule has 1 atom stereocenters. The lowest BCUT2D eigenvalue weighted by Crippen LogP contribution is -2.41. The molecule has 0 saturated carbocycles. The molecular weight excluding hydrogens is 256 g/mol. The van der Waals surface area contributed by atoms with E-state index in [1.165, 1.54) is 0 Å². The van der Waals surface area contributed by atoms with Crippen LogP contribution < -0.4 is 5.32 Å². The smallest absolute Gasteiger partial charge is 0.248 e. The van der Waals surface area contributed by atoms with Gasteiger partial charge in [0.05, 0.1) is 5.92 Å². The Labute approximate surface area is 117 Å². The van der Waals surface area contributed by atoms with E-state index in [2.05, 4.69) is 5.32 Å². The van der Waals surface area contributed by atoms with Gasteiger partial charge in [-0.25, -0.2) is 0 Å². The molecular formula is C15H18N2O3. The molecule has 20 heavy (non-hydrogen) atoms. The maximum absolute atomic E-state index is 12.2. The normalized spacial score (nSPS) is 22.6. The summed E-state index contributed by atoms with van der Waals surface area (Å²) in [6.45, 7) is 0.809. The number of carbonyl (C=O) groups is 2. The number of benzene rings is 1. The summed E-state index contributed by atoms with van der Waals surface area (Å²) in [6, 6.07) is 7.81. The fourth-order valence-corrected chi connectivity index (χ4v) is 3.28. The largest absolute Gasteiger partial charge is 0.387 e. The zero-order valence-corrected chi connectivity index (χ0v) is 11.2. The fraction of sp³-hybridized carbons (Fsp3) is 0.467. The number of hydrogen-bond donors (Lipinski definition) is 2. The van der Waals surface area contributed by atoms with Crippen LogP contribution in [0.1, 0.15) is 24.3 Å². The number of nitrogens with zero attached hydrogens (tertiary/aromatic N) is 1. The van der Waals surface area contributed by atoms with Gasteiger partial charge in [-0.05, 0) is 30.4 Å². The van der Waals surface area contributed by atoms with Crippen molar-refractivity contribution in [1.82, 2.24) is 4.90 Å². The van der Waals surface area contributed by atoms with Crippen LogP contribution in [-0.4, -0.2) is 41.5 Å². The second-order valence-electron chi connectivity index (χ2n) is 5.43. The highest BCUT2D eigenvalue weighted by Gasteiger charge is 2.38. The van der Waals surface area contributed by atoms with Gasteiger partial charge in [0.2, 0.25) is 11.8 Å². The summed E-state index contributed by atoms with van der Waals surface area (Å²) in [4.78, 5) is 25.3. The molecule has 0 aromatic heterocycles. The van der Waals surface area contributed by atoms with Crippen LogP contribution in [0.2, 0.25) is 0 Å². The molecule has 0 radical (unpaired) electrons. The van der Waals surface area contributed by atoms with Crippen molar-refractivity contribution in [3.63, 3.8) is 0 Å². The number of anilines is 1. The molecule has 0 bridgehead atoms. The van der Waals surface area contributed by atoms with Gasteiger partial charge in [-0.3, -0.25) is 9.59 Å². The molecule has 5 heteroatoms. The summed E-state index contributed by atoms with van der Waals surface area (Å²) in [5.41, 5.74) is 1.99. The Kier molecular flexibility index (Phi) is 3.44. The lowest BCUT2D eigenvalue weighted by molar-refractivity contribution is -0.135. The highest BCUT2D eigenvalue weighted by atomic mass is 16.3. The van der Waals surface area contributed by atoms with Crippen LogP contribution in [0.5, 0.6) is 0 Å². The minimum absolute atomic E-state index is 0.0677. The summed E-state index contributed by atoms with van der Waals surface area (Å²) in [5, 5.41) is 11.8. The van der Waals surface area contributed by atoms with Gasteiger partial charge in [-0.1, -0.05) is 18.2 Å². The summed E-state index contributed by atoms with van der Waals surface area (Å²) < 4.78 is 0. The number of para-hydroxylation sites is 1. The fourth-order valence-electron chi connectivity index (χ4n) is 3.28. The third-order valence-electron chi connectivity index (χ3n) is 4.34. The lowest BCUT2D eigenvalue weighted by Gasteiger charge is -2.33. The molecule has 0 spiro atoms. The van der Waals surface area contributed by atoms with E-state index in [9.17, 15) is 9.59 Å². The van der Waals surface area contributed by atoms with Gasteiger partial charge < -0.3 is 15.3 Å². The van der Waals surface area contributed by atoms with E-state index in [-0.39, 0.29) is 23.7 Å². The second kappa shape index (κ2) is 5.25. The molecule has 1 aromatic rings. The van der Waals surface area contributed by atoms with Gasteiger partial charge in [0, 0.05) is 18.8 Å². The van der Waals surface area contributed by atoms with Crippen LogP contribution in [0.15, 0.2) is 24.3 Å². The van der Waals surface area contributed by atoms with Crippen molar-refractivity contribution >= 4 is 17.5 Å². The predicted octanol–water partition coefficient (Wildman–Crippen LogP) is 0.953. The van der Waals surface area contributed by atoms with E-state index in [1.807, 2.05) is 24.3 Å². The number of amides is 2. The van der Waals surface area contributed by atoms with Crippen molar-refractivity contribution in [1.29, 1.82) is 0 Å². The quantitative estimate of drug-likeness (QED) is 0.843. The molecule has 5 nitrogen and oxygen atoms in total. The van der Waals surface area contributed by atoms with Crippen LogP contribution in [0, 0.1) is 5.92 Å². The highest BCUT2D eigenvalue weighted by molar-refractivity contribution is 6.03. The Morgan fingerprint density at radius 2 is 2.00 bits per heavy atom. The summed E-state index contributed by atoms with van der Waals surface area (Å²) in [6.07, 6.45) is 1.61. The number of aliphatic hydroxyl groups is 1. The van der Waals surface area contributed by atoms with Crippen molar-refractivity contribution < 1.29 is 14.7 Å². The average molecular weight is 274 g/mol. The number of nitrogens with one attached hydrogen (secondary N) is 1. The van der Waals surface area contributed by atoms with Gasteiger partial charge in [0.25, 0.3) is 0 Å². The van der Waals surface area contributed by atoms with Crippen molar-refractivity contribution in [2.75, 3.05) is 25.0 Å². The summed E-state index contributed by atoms with van der Waals surface area (Å²) >= 11 is 0. The van der Waals surface area contributed by atoms with Crippen molar-refractivity contribution in [3.05, 3.63) is 29.8 Å². The van der Waals surface area contributed by atoms with Crippen LogP contribution in [0.3, 0.4) is 0 Å². The molecule has 2 aliphatic rings. The van der Waals surface area contributed by atoms with E-state index in [0.717, 1.165) is 24.1 Å². The molecule has 1 saturated heterocycles. The Morgan fingerprint density at radius 1 is 1.30 bits per heavy atom.